The van der Waals surface area contributed by atoms with Gasteiger partial charge in [-0.15, -0.1) is 12.6 Å². The fourth-order valence-electron chi connectivity index (χ4n) is 0.173. The molecule has 0 aliphatic heterocycles. The highest BCUT2D eigenvalue weighted by atomic mass is 32.1. The Labute approximate surface area is 50.2 Å². The highest BCUT2D eigenvalue weighted by Crippen LogP contribution is 2.04. The Morgan fingerprint density at radius 2 is 1.86 bits per heavy atom. The van der Waals surface area contributed by atoms with Crippen LogP contribution < -0.4 is 0 Å². The Bertz CT molecular complexity index is 70.6. The molecular formula is C5H11NS. The van der Waals surface area contributed by atoms with Gasteiger partial charge in [0.15, 0.2) is 0 Å². The van der Waals surface area contributed by atoms with E-state index >= 15 is 0 Å². The third kappa shape index (κ3) is 6.02. The van der Waals surface area contributed by atoms with E-state index in [0.717, 1.165) is 0 Å². The van der Waals surface area contributed by atoms with Gasteiger partial charge >= 0.3 is 0 Å². The minimum absolute atomic E-state index is 0.0434. The van der Waals surface area contributed by atoms with Crippen molar-refractivity contribution < 1.29 is 0 Å². The van der Waals surface area contributed by atoms with Crippen molar-refractivity contribution in [1.29, 1.82) is 0 Å². The first kappa shape index (κ1) is 7.02. The van der Waals surface area contributed by atoms with E-state index in [2.05, 4.69) is 17.6 Å². The maximum Gasteiger partial charge on any atom is 0.0530 e. The fourth-order valence-corrected chi connectivity index (χ4v) is 0.520. The lowest BCUT2D eigenvalue weighted by atomic mass is 10.1. The maximum atomic E-state index is 4.00. The van der Waals surface area contributed by atoms with E-state index in [1.807, 2.05) is 20.8 Å². The third-order valence-corrected chi connectivity index (χ3v) is 0.561. The van der Waals surface area contributed by atoms with Gasteiger partial charge in [-0.25, -0.2) is 0 Å². The fraction of sp³-hybridized carbons (Fsp3) is 0.800. The molecule has 0 aliphatic rings. The van der Waals surface area contributed by atoms with Crippen molar-refractivity contribution in [2.75, 3.05) is 0 Å². The lowest BCUT2D eigenvalue weighted by Crippen LogP contribution is -2.08. The van der Waals surface area contributed by atoms with E-state index in [0.29, 0.717) is 0 Å². The summed E-state index contributed by atoms with van der Waals surface area (Å²) >= 11 is 3.82. The molecule has 0 saturated carbocycles. The second-order valence-corrected chi connectivity index (χ2v) is 2.65. The van der Waals surface area contributed by atoms with E-state index in [-0.39, 0.29) is 5.54 Å². The molecule has 0 amide bonds. The van der Waals surface area contributed by atoms with Crippen LogP contribution in [0.2, 0.25) is 0 Å². The zero-order valence-corrected chi connectivity index (χ0v) is 5.87. The van der Waals surface area contributed by atoms with Gasteiger partial charge in [0.1, 0.15) is 0 Å². The van der Waals surface area contributed by atoms with Crippen molar-refractivity contribution in [2.45, 2.75) is 26.3 Å². The lowest BCUT2D eigenvalue weighted by molar-refractivity contribution is 0.588. The third-order valence-electron chi connectivity index (χ3n) is 0.445. The molecule has 0 heterocycles. The van der Waals surface area contributed by atoms with E-state index in [1.165, 1.54) is 5.55 Å². The summed E-state index contributed by atoms with van der Waals surface area (Å²) in [5.74, 6) is 0. The number of nitrogens with zero attached hydrogens (tertiary/aromatic N) is 1. The molecule has 0 unspecified atom stereocenters. The molecule has 0 spiro atoms. The first-order valence-electron chi connectivity index (χ1n) is 2.24. The highest BCUT2D eigenvalue weighted by Gasteiger charge is 2.02. The molecule has 0 bridgehead atoms. The Morgan fingerprint density at radius 3 is 1.86 bits per heavy atom. The Morgan fingerprint density at radius 1 is 1.43 bits per heavy atom. The molecule has 2 heteroatoms. The second-order valence-electron chi connectivity index (χ2n) is 2.42. The predicted molar refractivity (Wildman–Crippen MR) is 37.2 cm³/mol. The van der Waals surface area contributed by atoms with Crippen molar-refractivity contribution in [2.24, 2.45) is 4.99 Å². The minimum atomic E-state index is 0.0434. The summed E-state index contributed by atoms with van der Waals surface area (Å²) in [5, 5.41) is 0. The molecule has 0 aromatic rings. The zero-order valence-electron chi connectivity index (χ0n) is 4.97. The Balaban J connectivity index is 3.56. The van der Waals surface area contributed by atoms with Crippen molar-refractivity contribution in [1.82, 2.24) is 0 Å². The zero-order chi connectivity index (χ0) is 5.91. The summed E-state index contributed by atoms with van der Waals surface area (Å²) in [7, 11) is 0. The SMILES string of the molecule is CC(C)(C)/N=C/S. The minimum Gasteiger partial charge on any atom is -0.281 e. The lowest BCUT2D eigenvalue weighted by Gasteiger charge is -2.08. The van der Waals surface area contributed by atoms with Crippen LogP contribution in [0.4, 0.5) is 0 Å². The van der Waals surface area contributed by atoms with Gasteiger partial charge in [0, 0.05) is 0 Å². The Kier molecular flexibility index (Phi) is 2.37. The molecule has 0 aromatic carbocycles. The number of rotatable bonds is 0. The smallest absolute Gasteiger partial charge is 0.0530 e. The Hall–Kier alpha value is 0.0200. The molecular weight excluding hydrogens is 106 g/mol. The average Bonchev–Trinajstić information content (AvgIpc) is 1.30. The van der Waals surface area contributed by atoms with Crippen LogP contribution in [0.25, 0.3) is 0 Å². The summed E-state index contributed by atoms with van der Waals surface area (Å²) < 4.78 is 0. The second kappa shape index (κ2) is 2.36. The molecule has 0 atom stereocenters. The summed E-state index contributed by atoms with van der Waals surface area (Å²) in [5.41, 5.74) is 1.57. The number of hydrogen-bond donors (Lipinski definition) is 1. The van der Waals surface area contributed by atoms with Gasteiger partial charge in [-0.3, -0.25) is 4.99 Å². The van der Waals surface area contributed by atoms with Crippen LogP contribution in [-0.4, -0.2) is 11.1 Å². The maximum absolute atomic E-state index is 4.00. The number of thiol groups is 1. The topological polar surface area (TPSA) is 12.4 Å². The summed E-state index contributed by atoms with van der Waals surface area (Å²) in [6.45, 7) is 6.08. The first-order chi connectivity index (χ1) is 3.06. The van der Waals surface area contributed by atoms with Crippen molar-refractivity contribution in [3.05, 3.63) is 0 Å². The van der Waals surface area contributed by atoms with Gasteiger partial charge in [0.2, 0.25) is 0 Å². The average molecular weight is 117 g/mol. The molecule has 0 aromatic heterocycles. The molecule has 0 rings (SSSR count). The monoisotopic (exact) mass is 117 g/mol. The summed E-state index contributed by atoms with van der Waals surface area (Å²) in [6.07, 6.45) is 0. The van der Waals surface area contributed by atoms with Gasteiger partial charge < -0.3 is 0 Å². The normalized spacial score (nSPS) is 13.1. The van der Waals surface area contributed by atoms with Crippen LogP contribution in [-0.2, 0) is 0 Å². The van der Waals surface area contributed by atoms with Gasteiger partial charge in [-0.2, -0.15) is 0 Å². The molecule has 1 nitrogen and oxygen atoms in total. The van der Waals surface area contributed by atoms with E-state index < -0.39 is 0 Å². The quantitative estimate of drug-likeness (QED) is 0.282. The molecule has 0 radical (unpaired) electrons. The van der Waals surface area contributed by atoms with Crippen molar-refractivity contribution in [3.63, 3.8) is 0 Å². The van der Waals surface area contributed by atoms with Crippen LogP contribution in [0.1, 0.15) is 20.8 Å². The molecule has 0 fully saturated rings. The molecule has 0 N–H and O–H groups in total. The number of aliphatic imine (C=N–C) groups is 1. The van der Waals surface area contributed by atoms with Crippen LogP contribution in [0.3, 0.4) is 0 Å². The van der Waals surface area contributed by atoms with E-state index in [1.54, 1.807) is 0 Å². The van der Waals surface area contributed by atoms with Crippen LogP contribution >= 0.6 is 12.6 Å². The van der Waals surface area contributed by atoms with Gasteiger partial charge in [0.05, 0.1) is 11.1 Å². The van der Waals surface area contributed by atoms with E-state index in [9.17, 15) is 0 Å². The van der Waals surface area contributed by atoms with Gasteiger partial charge in [-0.05, 0) is 20.8 Å². The largest absolute Gasteiger partial charge is 0.281 e. The predicted octanol–water partition coefficient (Wildman–Crippen LogP) is 1.74. The molecule has 42 valence electrons. The van der Waals surface area contributed by atoms with Crippen molar-refractivity contribution >= 4 is 18.2 Å². The summed E-state index contributed by atoms with van der Waals surface area (Å²) in [4.78, 5) is 4.00. The van der Waals surface area contributed by atoms with Crippen LogP contribution in [0, 0.1) is 0 Å². The first-order valence-corrected chi connectivity index (χ1v) is 2.76. The number of hydrogen-bond acceptors (Lipinski definition) is 1. The van der Waals surface area contributed by atoms with Crippen molar-refractivity contribution in [3.8, 4) is 0 Å². The van der Waals surface area contributed by atoms with Gasteiger partial charge in [0.25, 0.3) is 0 Å². The summed E-state index contributed by atoms with van der Waals surface area (Å²) in [6, 6.07) is 0. The molecule has 7 heavy (non-hydrogen) atoms. The van der Waals surface area contributed by atoms with E-state index in [4.69, 9.17) is 0 Å². The molecule has 0 aliphatic carbocycles. The molecule has 0 saturated heterocycles. The van der Waals surface area contributed by atoms with Crippen LogP contribution in [0.5, 0.6) is 0 Å². The standard InChI is InChI=1S/C5H11NS/c1-5(2,3)6-4-7/h4H,1-3H3,(H,6,7). The van der Waals surface area contributed by atoms with Gasteiger partial charge in [-0.1, -0.05) is 0 Å². The van der Waals surface area contributed by atoms with Crippen LogP contribution in [0.15, 0.2) is 4.99 Å². The highest BCUT2D eigenvalue weighted by molar-refractivity contribution is 7.94.